The van der Waals surface area contributed by atoms with Gasteiger partial charge in [-0.05, 0) is 6.07 Å². The lowest BCUT2D eigenvalue weighted by molar-refractivity contribution is -0.937. The number of fused-ring (bicyclic) bond motifs is 3. The summed E-state index contributed by atoms with van der Waals surface area (Å²) in [4.78, 5) is 31.4. The number of para-hydroxylation sites is 1. The van der Waals surface area contributed by atoms with Crippen molar-refractivity contribution in [2.24, 2.45) is 0 Å². The van der Waals surface area contributed by atoms with Gasteiger partial charge in [0.2, 0.25) is 0 Å². The van der Waals surface area contributed by atoms with E-state index in [2.05, 4.69) is 40.2 Å². The van der Waals surface area contributed by atoms with Gasteiger partial charge in [-0.2, -0.15) is 0 Å². The van der Waals surface area contributed by atoms with Crippen molar-refractivity contribution < 1.29 is 4.48 Å². The minimum atomic E-state index is -0.441. The summed E-state index contributed by atoms with van der Waals surface area (Å²) in [6, 6.07) is 9.83. The molecule has 0 saturated carbocycles. The number of nitrogens with zero attached hydrogens (tertiary/aromatic N) is 1. The molecule has 23 heavy (non-hydrogen) atoms. The van der Waals surface area contributed by atoms with Crippen LogP contribution in [-0.2, 0) is 19.5 Å². The quantitative estimate of drug-likeness (QED) is 0.623. The van der Waals surface area contributed by atoms with Crippen molar-refractivity contribution in [3.05, 3.63) is 68.1 Å². The minimum absolute atomic E-state index is 0.347. The summed E-state index contributed by atoms with van der Waals surface area (Å²) in [6.45, 7) is 2.49. The molecule has 0 amide bonds. The first-order valence-corrected chi connectivity index (χ1v) is 7.77. The van der Waals surface area contributed by atoms with E-state index in [1.165, 1.54) is 28.2 Å². The third-order valence-corrected chi connectivity index (χ3v) is 4.71. The van der Waals surface area contributed by atoms with E-state index in [4.69, 9.17) is 0 Å². The second-order valence-corrected chi connectivity index (χ2v) is 6.65. The van der Waals surface area contributed by atoms with Crippen LogP contribution in [-0.4, -0.2) is 33.0 Å². The number of aromatic amines is 3. The van der Waals surface area contributed by atoms with Crippen LogP contribution in [0.5, 0.6) is 0 Å². The van der Waals surface area contributed by atoms with Crippen LogP contribution in [0.4, 0.5) is 0 Å². The van der Waals surface area contributed by atoms with Crippen molar-refractivity contribution in [3.8, 4) is 0 Å². The Bertz CT molecular complexity index is 969. The first-order valence-electron chi connectivity index (χ1n) is 7.77. The number of rotatable bonds is 2. The predicted octanol–water partition coefficient (Wildman–Crippen LogP) is 1.25. The molecule has 6 nitrogen and oxygen atoms in total. The Hall–Kier alpha value is -2.60. The largest absolute Gasteiger partial charge is 0.358 e. The van der Waals surface area contributed by atoms with Crippen LogP contribution in [0.25, 0.3) is 10.9 Å². The molecule has 6 heteroatoms. The second-order valence-electron chi connectivity index (χ2n) is 6.65. The molecule has 3 aromatic rings. The van der Waals surface area contributed by atoms with E-state index in [1.807, 2.05) is 6.07 Å². The Morgan fingerprint density at radius 2 is 1.96 bits per heavy atom. The molecule has 0 saturated heterocycles. The van der Waals surface area contributed by atoms with E-state index < -0.39 is 5.69 Å². The lowest BCUT2D eigenvalue weighted by Gasteiger charge is -2.37. The zero-order valence-electron chi connectivity index (χ0n) is 13.0. The Morgan fingerprint density at radius 3 is 2.78 bits per heavy atom. The van der Waals surface area contributed by atoms with Crippen molar-refractivity contribution in [1.29, 1.82) is 0 Å². The lowest BCUT2D eigenvalue weighted by atomic mass is 10.0. The number of aromatic nitrogens is 3. The van der Waals surface area contributed by atoms with Gasteiger partial charge in [-0.3, -0.25) is 9.78 Å². The van der Waals surface area contributed by atoms with Crippen LogP contribution in [0, 0.1) is 0 Å². The number of benzene rings is 1. The number of H-pyrrole nitrogens is 3. The Labute approximate surface area is 132 Å². The van der Waals surface area contributed by atoms with Crippen LogP contribution >= 0.6 is 0 Å². The lowest BCUT2D eigenvalue weighted by Crippen LogP contribution is -2.47. The van der Waals surface area contributed by atoms with Crippen molar-refractivity contribution in [1.82, 2.24) is 15.0 Å². The third-order valence-electron chi connectivity index (χ3n) is 4.71. The van der Waals surface area contributed by atoms with Crippen molar-refractivity contribution >= 4 is 10.9 Å². The molecule has 3 N–H and O–H groups in total. The van der Waals surface area contributed by atoms with Gasteiger partial charge >= 0.3 is 5.69 Å². The van der Waals surface area contributed by atoms with Gasteiger partial charge in [0.05, 0.1) is 19.3 Å². The molecule has 3 heterocycles. The van der Waals surface area contributed by atoms with Crippen LogP contribution in [0.3, 0.4) is 0 Å². The molecule has 1 aliphatic rings. The van der Waals surface area contributed by atoms with Gasteiger partial charge in [-0.15, -0.1) is 0 Å². The fraction of sp³-hybridized carbons (Fsp3) is 0.294. The zero-order chi connectivity index (χ0) is 16.0. The highest BCUT2D eigenvalue weighted by Crippen LogP contribution is 2.31. The number of nitrogens with one attached hydrogen (secondary N) is 3. The molecule has 2 aromatic heterocycles. The van der Waals surface area contributed by atoms with Crippen LogP contribution < -0.4 is 11.2 Å². The minimum Gasteiger partial charge on any atom is -0.358 e. The van der Waals surface area contributed by atoms with Crippen molar-refractivity contribution in [2.45, 2.75) is 19.5 Å². The SMILES string of the molecule is C[N@+]1(Cc2cc(=O)[nH]c(=O)[nH]2)CCc2[nH]c3ccccc3c2C1. The molecular weight excluding hydrogens is 292 g/mol. The Morgan fingerprint density at radius 1 is 1.13 bits per heavy atom. The van der Waals surface area contributed by atoms with E-state index in [-0.39, 0.29) is 5.56 Å². The first kappa shape index (κ1) is 14.0. The van der Waals surface area contributed by atoms with E-state index in [0.29, 0.717) is 12.2 Å². The van der Waals surface area contributed by atoms with Crippen LogP contribution in [0.15, 0.2) is 39.9 Å². The van der Waals surface area contributed by atoms with Crippen molar-refractivity contribution in [2.75, 3.05) is 13.6 Å². The molecule has 1 aromatic carbocycles. The molecule has 0 fully saturated rings. The number of likely N-dealkylation sites (N-methyl/N-ethyl adjacent to an activating group) is 1. The number of hydrogen-bond acceptors (Lipinski definition) is 2. The summed E-state index contributed by atoms with van der Waals surface area (Å²) in [5.41, 5.74) is 3.73. The number of quaternary nitrogens is 1. The topological polar surface area (TPSA) is 81.5 Å². The number of hydrogen-bond donors (Lipinski definition) is 3. The van der Waals surface area contributed by atoms with E-state index in [1.54, 1.807) is 0 Å². The van der Waals surface area contributed by atoms with Crippen LogP contribution in [0.1, 0.15) is 17.0 Å². The molecular formula is C17H19N4O2+. The average Bonchev–Trinajstić information content (AvgIpc) is 2.83. The highest BCUT2D eigenvalue weighted by Gasteiger charge is 2.31. The van der Waals surface area contributed by atoms with Gasteiger partial charge in [0.15, 0.2) is 0 Å². The maximum atomic E-state index is 11.5. The van der Waals surface area contributed by atoms with Crippen molar-refractivity contribution in [3.63, 3.8) is 0 Å². The second kappa shape index (κ2) is 4.96. The molecule has 1 atom stereocenters. The van der Waals surface area contributed by atoms with Gasteiger partial charge in [0.25, 0.3) is 5.56 Å². The maximum Gasteiger partial charge on any atom is 0.326 e. The van der Waals surface area contributed by atoms with Gasteiger partial charge in [0.1, 0.15) is 13.1 Å². The third kappa shape index (κ3) is 2.51. The Kier molecular flexibility index (Phi) is 3.02. The monoisotopic (exact) mass is 311 g/mol. The fourth-order valence-electron chi connectivity index (χ4n) is 3.64. The van der Waals surface area contributed by atoms with E-state index >= 15 is 0 Å². The fourth-order valence-corrected chi connectivity index (χ4v) is 3.64. The predicted molar refractivity (Wildman–Crippen MR) is 88.1 cm³/mol. The summed E-state index contributed by atoms with van der Waals surface area (Å²) in [5, 5.41) is 1.27. The molecule has 4 rings (SSSR count). The van der Waals surface area contributed by atoms with Gasteiger partial charge in [0, 0.05) is 34.6 Å². The van der Waals surface area contributed by atoms with E-state index in [0.717, 1.165) is 24.0 Å². The average molecular weight is 311 g/mol. The Balaban J connectivity index is 1.70. The smallest absolute Gasteiger partial charge is 0.326 e. The van der Waals surface area contributed by atoms with Gasteiger partial charge in [-0.1, -0.05) is 18.2 Å². The molecule has 0 aliphatic carbocycles. The zero-order valence-corrected chi connectivity index (χ0v) is 13.0. The normalized spacial score (nSPS) is 20.6. The molecule has 0 bridgehead atoms. The van der Waals surface area contributed by atoms with Gasteiger partial charge in [-0.25, -0.2) is 4.79 Å². The standard InChI is InChI=1S/C17H18N4O2/c1-21(9-11-8-16(22)20-17(23)18-11)7-6-15-13(10-21)12-4-2-3-5-14(12)19-15/h2-5,8,19H,6-7,9-10H2,1H3,(H-,18,20,22,23)/p+1/t21-/m1/s1. The summed E-state index contributed by atoms with van der Waals surface area (Å²) in [6.07, 6.45) is 0.966. The maximum absolute atomic E-state index is 11.5. The highest BCUT2D eigenvalue weighted by molar-refractivity contribution is 5.84. The van der Waals surface area contributed by atoms with Crippen LogP contribution in [0.2, 0.25) is 0 Å². The molecule has 0 unspecified atom stereocenters. The summed E-state index contributed by atoms with van der Waals surface area (Å²) in [7, 11) is 2.17. The summed E-state index contributed by atoms with van der Waals surface area (Å²) < 4.78 is 0.772. The molecule has 118 valence electrons. The molecule has 0 spiro atoms. The molecule has 1 aliphatic heterocycles. The summed E-state index contributed by atoms with van der Waals surface area (Å²) in [5.74, 6) is 0. The van der Waals surface area contributed by atoms with Gasteiger partial charge < -0.3 is 14.5 Å². The summed E-state index contributed by atoms with van der Waals surface area (Å²) >= 11 is 0. The van der Waals surface area contributed by atoms with E-state index in [9.17, 15) is 9.59 Å². The first-order chi connectivity index (χ1) is 11.0. The highest BCUT2D eigenvalue weighted by atomic mass is 16.2. The molecule has 0 radical (unpaired) electrons.